The number of nitrogens with zero attached hydrogens (tertiary/aromatic N) is 5. The van der Waals surface area contributed by atoms with Crippen LogP contribution in [0.1, 0.15) is 60.5 Å². The Morgan fingerprint density at radius 1 is 1.17 bits per heavy atom. The second-order valence-corrected chi connectivity index (χ2v) is 7.84. The molecule has 0 unspecified atom stereocenters. The molecule has 30 heavy (non-hydrogen) atoms. The van der Waals surface area contributed by atoms with Crippen molar-refractivity contribution in [1.82, 2.24) is 24.4 Å². The lowest BCUT2D eigenvalue weighted by Gasteiger charge is -2.26. The Hall–Kier alpha value is -3.04. The largest absolute Gasteiger partial charge is 0.364 e. The van der Waals surface area contributed by atoms with E-state index < -0.39 is 6.29 Å². The second kappa shape index (κ2) is 8.37. The fourth-order valence-corrected chi connectivity index (χ4v) is 3.92. The highest BCUT2D eigenvalue weighted by molar-refractivity contribution is 5.97. The number of aliphatic hydroxyl groups excluding tert-OH is 1. The Bertz CT molecular complexity index is 1040. The lowest BCUT2D eigenvalue weighted by Crippen LogP contribution is -2.26. The molecule has 0 atom stereocenters. The molecule has 9 heteroatoms. The second-order valence-electron chi connectivity index (χ2n) is 7.84. The van der Waals surface area contributed by atoms with Gasteiger partial charge >= 0.3 is 0 Å². The predicted octanol–water partition coefficient (Wildman–Crippen LogP) is 2.76. The molecule has 0 saturated heterocycles. The number of anilines is 2. The summed E-state index contributed by atoms with van der Waals surface area (Å²) < 4.78 is 2.07. The molecule has 4 rings (SSSR count). The van der Waals surface area contributed by atoms with Crippen LogP contribution in [0.3, 0.4) is 0 Å². The van der Waals surface area contributed by atoms with Gasteiger partial charge in [-0.2, -0.15) is 4.98 Å². The van der Waals surface area contributed by atoms with Gasteiger partial charge in [-0.15, -0.1) is 0 Å². The van der Waals surface area contributed by atoms with Crippen molar-refractivity contribution in [3.8, 4) is 0 Å². The van der Waals surface area contributed by atoms with Crippen LogP contribution in [0.15, 0.2) is 30.6 Å². The number of carbonyl (C=O) groups excluding carboxylic acids is 1. The average Bonchev–Trinajstić information content (AvgIpc) is 3.12. The first kappa shape index (κ1) is 20.2. The van der Waals surface area contributed by atoms with Crippen molar-refractivity contribution in [1.29, 1.82) is 0 Å². The van der Waals surface area contributed by atoms with Gasteiger partial charge in [-0.05, 0) is 31.0 Å². The lowest BCUT2D eigenvalue weighted by molar-refractivity contribution is -0.0427. The predicted molar refractivity (Wildman–Crippen MR) is 112 cm³/mol. The van der Waals surface area contributed by atoms with Gasteiger partial charge in [0.2, 0.25) is 5.95 Å². The van der Waals surface area contributed by atoms with Gasteiger partial charge in [-0.1, -0.05) is 19.3 Å². The number of amides is 1. The highest BCUT2D eigenvalue weighted by Crippen LogP contribution is 2.33. The van der Waals surface area contributed by atoms with Gasteiger partial charge in [0.15, 0.2) is 6.29 Å². The Morgan fingerprint density at radius 2 is 1.93 bits per heavy atom. The van der Waals surface area contributed by atoms with Crippen molar-refractivity contribution < 1.29 is 15.0 Å². The Morgan fingerprint density at radius 3 is 2.57 bits per heavy atom. The van der Waals surface area contributed by atoms with E-state index in [2.05, 4.69) is 19.9 Å². The van der Waals surface area contributed by atoms with Crippen LogP contribution in [-0.2, 0) is 0 Å². The smallest absolute Gasteiger partial charge is 0.270 e. The van der Waals surface area contributed by atoms with E-state index in [-0.39, 0.29) is 11.9 Å². The van der Waals surface area contributed by atoms with E-state index in [1.54, 1.807) is 37.3 Å². The van der Waals surface area contributed by atoms with Crippen LogP contribution < -0.4 is 5.32 Å². The highest BCUT2D eigenvalue weighted by atomic mass is 16.5. The third kappa shape index (κ3) is 3.99. The van der Waals surface area contributed by atoms with Gasteiger partial charge in [-0.3, -0.25) is 4.79 Å². The molecule has 1 saturated carbocycles. The normalized spacial score (nSPS) is 15.0. The van der Waals surface area contributed by atoms with E-state index in [4.69, 9.17) is 4.98 Å². The maximum atomic E-state index is 12.8. The zero-order chi connectivity index (χ0) is 21.3. The standard InChI is InChI=1S/C21H26N6O3/c1-26(2)19(28)16-10-14-12-23-21(24-17-9-8-13(11-22-17)20(29)30)25-18(14)27(16)15-6-4-3-5-7-15/h8-12,15,20,29-30H,3-7H2,1-2H3,(H,22,23,24,25). The number of nitrogens with one attached hydrogen (secondary N) is 1. The first-order valence-corrected chi connectivity index (χ1v) is 10.1. The fourth-order valence-electron chi connectivity index (χ4n) is 3.92. The number of aliphatic hydroxyl groups is 2. The van der Waals surface area contributed by atoms with Crippen LogP contribution in [0.2, 0.25) is 0 Å². The summed E-state index contributed by atoms with van der Waals surface area (Å²) in [6.07, 6.45) is 7.08. The number of carbonyl (C=O) groups is 1. The summed E-state index contributed by atoms with van der Waals surface area (Å²) >= 11 is 0. The van der Waals surface area contributed by atoms with E-state index in [0.717, 1.165) is 36.7 Å². The molecule has 0 spiro atoms. The molecule has 3 heterocycles. The van der Waals surface area contributed by atoms with Crippen molar-refractivity contribution >= 4 is 28.7 Å². The molecule has 1 fully saturated rings. The summed E-state index contributed by atoms with van der Waals surface area (Å²) in [5, 5.41) is 22.3. The average molecular weight is 410 g/mol. The van der Waals surface area contributed by atoms with Gasteiger partial charge in [0, 0.05) is 43.5 Å². The number of pyridine rings is 1. The van der Waals surface area contributed by atoms with Crippen molar-refractivity contribution in [2.75, 3.05) is 19.4 Å². The molecule has 3 aromatic heterocycles. The van der Waals surface area contributed by atoms with E-state index in [1.807, 2.05) is 6.07 Å². The summed E-state index contributed by atoms with van der Waals surface area (Å²) in [6, 6.07) is 5.30. The topological polar surface area (TPSA) is 116 Å². The minimum atomic E-state index is -1.56. The SMILES string of the molecule is CN(C)C(=O)c1cc2cnc(Nc3ccc(C(O)O)cn3)nc2n1C1CCCCC1. The van der Waals surface area contributed by atoms with Crippen LogP contribution >= 0.6 is 0 Å². The number of hydrogen-bond acceptors (Lipinski definition) is 7. The Balaban J connectivity index is 1.72. The number of aromatic nitrogens is 4. The van der Waals surface area contributed by atoms with E-state index >= 15 is 0 Å². The Kier molecular flexibility index (Phi) is 5.65. The van der Waals surface area contributed by atoms with Crippen LogP contribution in [0.5, 0.6) is 0 Å². The summed E-state index contributed by atoms with van der Waals surface area (Å²) in [5.41, 5.74) is 1.66. The first-order valence-electron chi connectivity index (χ1n) is 10.1. The highest BCUT2D eigenvalue weighted by Gasteiger charge is 2.25. The molecule has 1 aliphatic carbocycles. The minimum absolute atomic E-state index is 0.0482. The first-order chi connectivity index (χ1) is 14.4. The van der Waals surface area contributed by atoms with Crippen LogP contribution in [0.25, 0.3) is 11.0 Å². The van der Waals surface area contributed by atoms with Crippen molar-refractivity contribution in [2.45, 2.75) is 44.4 Å². The van der Waals surface area contributed by atoms with Crippen molar-refractivity contribution in [3.05, 3.63) is 41.9 Å². The number of fused-ring (bicyclic) bond motifs is 1. The van der Waals surface area contributed by atoms with Crippen molar-refractivity contribution in [3.63, 3.8) is 0 Å². The van der Waals surface area contributed by atoms with Gasteiger partial charge in [-0.25, -0.2) is 9.97 Å². The maximum absolute atomic E-state index is 12.8. The lowest BCUT2D eigenvalue weighted by atomic mass is 9.95. The van der Waals surface area contributed by atoms with Crippen LogP contribution in [0, 0.1) is 0 Å². The summed E-state index contributed by atoms with van der Waals surface area (Å²) in [7, 11) is 3.51. The van der Waals surface area contributed by atoms with Gasteiger partial charge in [0.05, 0.1) is 0 Å². The zero-order valence-electron chi connectivity index (χ0n) is 17.1. The molecular formula is C21H26N6O3. The summed E-state index contributed by atoms with van der Waals surface area (Å²) in [4.78, 5) is 27.6. The fraction of sp³-hybridized carbons (Fsp3) is 0.429. The zero-order valence-corrected chi connectivity index (χ0v) is 17.1. The molecule has 0 aliphatic heterocycles. The number of hydrogen-bond donors (Lipinski definition) is 3. The maximum Gasteiger partial charge on any atom is 0.270 e. The summed E-state index contributed by atoms with van der Waals surface area (Å²) in [6.45, 7) is 0. The molecule has 9 nitrogen and oxygen atoms in total. The van der Waals surface area contributed by atoms with Gasteiger partial charge < -0.3 is 25.0 Å². The monoisotopic (exact) mass is 410 g/mol. The molecule has 158 valence electrons. The van der Waals surface area contributed by atoms with Crippen LogP contribution in [0.4, 0.5) is 11.8 Å². The molecular weight excluding hydrogens is 384 g/mol. The number of rotatable bonds is 5. The molecule has 3 aromatic rings. The molecule has 0 bridgehead atoms. The van der Waals surface area contributed by atoms with Gasteiger partial charge in [0.1, 0.15) is 17.2 Å². The van der Waals surface area contributed by atoms with E-state index in [1.165, 1.54) is 12.6 Å². The summed E-state index contributed by atoms with van der Waals surface area (Å²) in [5.74, 6) is 0.804. The van der Waals surface area contributed by atoms with Crippen LogP contribution in [-0.4, -0.2) is 54.6 Å². The molecule has 1 aliphatic rings. The van der Waals surface area contributed by atoms with Crippen molar-refractivity contribution in [2.24, 2.45) is 0 Å². The molecule has 3 N–H and O–H groups in total. The third-order valence-electron chi connectivity index (χ3n) is 5.47. The minimum Gasteiger partial charge on any atom is -0.364 e. The van der Waals surface area contributed by atoms with E-state index in [9.17, 15) is 15.0 Å². The van der Waals surface area contributed by atoms with Gasteiger partial charge in [0.25, 0.3) is 5.91 Å². The third-order valence-corrected chi connectivity index (χ3v) is 5.47. The molecule has 1 amide bonds. The molecule has 0 radical (unpaired) electrons. The molecule has 0 aromatic carbocycles. The quantitative estimate of drug-likeness (QED) is 0.554. The van der Waals surface area contributed by atoms with E-state index in [0.29, 0.717) is 23.0 Å². The Labute approximate surface area is 174 Å².